The Hall–Kier alpha value is -5.73. The average Bonchev–Trinajstić information content (AvgIpc) is 4.07. The van der Waals surface area contributed by atoms with E-state index in [0.717, 1.165) is 39.8 Å². The molecular formula is C47H58N8O8S3. The van der Waals surface area contributed by atoms with Crippen LogP contribution in [-0.2, 0) is 50.3 Å². The van der Waals surface area contributed by atoms with E-state index in [2.05, 4.69) is 44.7 Å². The van der Waals surface area contributed by atoms with Crippen LogP contribution in [0.5, 0.6) is 0 Å². The normalized spacial score (nSPS) is 15.5. The number of nitrogens with zero attached hydrogens (tertiary/aromatic N) is 4. The molecule has 2 aliphatic rings. The molecule has 66 heavy (non-hydrogen) atoms. The first-order valence-electron chi connectivity index (χ1n) is 21.9. The molecule has 2 aromatic heterocycles. The van der Waals surface area contributed by atoms with Gasteiger partial charge in [0.1, 0.15) is 17.5 Å². The molecule has 5 amide bonds. The van der Waals surface area contributed by atoms with Gasteiger partial charge in [-0.25, -0.2) is 27.7 Å². The number of ether oxygens (including phenoxy) is 2. The highest BCUT2D eigenvalue weighted by Gasteiger charge is 2.31. The zero-order valence-electron chi connectivity index (χ0n) is 37.4. The Morgan fingerprint density at radius 1 is 0.864 bits per heavy atom. The fourth-order valence-electron chi connectivity index (χ4n) is 7.37. The highest BCUT2D eigenvalue weighted by Crippen LogP contribution is 2.22. The van der Waals surface area contributed by atoms with E-state index in [1.807, 2.05) is 70.8 Å². The van der Waals surface area contributed by atoms with Crippen molar-refractivity contribution in [3.05, 3.63) is 134 Å². The monoisotopic (exact) mass is 958 g/mol. The van der Waals surface area contributed by atoms with Crippen molar-refractivity contribution in [3.63, 3.8) is 0 Å². The van der Waals surface area contributed by atoms with Gasteiger partial charge in [-0.2, -0.15) is 0 Å². The van der Waals surface area contributed by atoms with Gasteiger partial charge in [0.05, 0.1) is 46.4 Å². The van der Waals surface area contributed by atoms with E-state index in [9.17, 15) is 27.6 Å². The number of rotatable bonds is 19. The molecule has 1 saturated heterocycles. The largest absolute Gasteiger partial charge is 0.444 e. The molecule has 19 heteroatoms. The Balaban J connectivity index is 0.000000515. The van der Waals surface area contributed by atoms with Gasteiger partial charge in [-0.05, 0) is 55.4 Å². The molecule has 3 unspecified atom stereocenters. The summed E-state index contributed by atoms with van der Waals surface area (Å²) in [6.07, 6.45) is 4.00. The quantitative estimate of drug-likeness (QED) is 0.0744. The van der Waals surface area contributed by atoms with E-state index in [4.69, 9.17) is 9.47 Å². The number of hydrogen-bond donors (Lipinski definition) is 4. The van der Waals surface area contributed by atoms with Crippen LogP contribution in [0.15, 0.2) is 107 Å². The van der Waals surface area contributed by atoms with Gasteiger partial charge in [-0.3, -0.25) is 19.5 Å². The first-order chi connectivity index (χ1) is 31.8. The topological polar surface area (TPSA) is 201 Å². The highest BCUT2D eigenvalue weighted by atomic mass is 32.2. The SMILES string of the molecule is CC(C)c1nc(CN(C)C(=O)NC(CCN2CCOCC2)C(=O)NC(CCC(Cc2ccccc2)NC(=O)OCc2cncs2)Cc2ccccc2)cs1.O=C1NS(=O)(=O)c2ccccc21. The van der Waals surface area contributed by atoms with Crippen molar-refractivity contribution < 1.29 is 37.1 Å². The molecule has 5 aromatic rings. The Morgan fingerprint density at radius 3 is 2.11 bits per heavy atom. The predicted molar refractivity (Wildman–Crippen MR) is 254 cm³/mol. The van der Waals surface area contributed by atoms with Crippen molar-refractivity contribution in [1.29, 1.82) is 0 Å². The van der Waals surface area contributed by atoms with Crippen LogP contribution in [0.4, 0.5) is 9.59 Å². The second-order valence-electron chi connectivity index (χ2n) is 16.4. The van der Waals surface area contributed by atoms with Crippen LogP contribution in [0.25, 0.3) is 0 Å². The van der Waals surface area contributed by atoms with Crippen molar-refractivity contribution in [1.82, 2.24) is 40.4 Å². The summed E-state index contributed by atoms with van der Waals surface area (Å²) in [7, 11) is -1.83. The van der Waals surface area contributed by atoms with Gasteiger partial charge in [0, 0.05) is 56.3 Å². The van der Waals surface area contributed by atoms with Gasteiger partial charge >= 0.3 is 12.1 Å². The van der Waals surface area contributed by atoms with Crippen LogP contribution in [0.1, 0.15) is 76.1 Å². The number of thiazole rings is 2. The van der Waals surface area contributed by atoms with Crippen LogP contribution in [-0.4, -0.2) is 110 Å². The Kier molecular flexibility index (Phi) is 18.6. The van der Waals surface area contributed by atoms with Crippen LogP contribution < -0.4 is 20.7 Å². The van der Waals surface area contributed by atoms with Crippen LogP contribution in [0, 0.1) is 0 Å². The summed E-state index contributed by atoms with van der Waals surface area (Å²) in [5.41, 5.74) is 4.92. The number of sulfonamides is 1. The third kappa shape index (κ3) is 15.4. The summed E-state index contributed by atoms with van der Waals surface area (Å²) < 4.78 is 35.2. The number of urea groups is 1. The van der Waals surface area contributed by atoms with Gasteiger partial charge in [0.15, 0.2) is 0 Å². The fraction of sp³-hybridized carbons (Fsp3) is 0.404. The third-order valence-electron chi connectivity index (χ3n) is 10.9. The molecular weight excluding hydrogens is 901 g/mol. The molecule has 0 aliphatic carbocycles. The van der Waals surface area contributed by atoms with E-state index >= 15 is 0 Å². The van der Waals surface area contributed by atoms with Gasteiger partial charge in [0.25, 0.3) is 15.9 Å². The van der Waals surface area contributed by atoms with Gasteiger partial charge in [-0.1, -0.05) is 86.6 Å². The van der Waals surface area contributed by atoms with E-state index < -0.39 is 28.1 Å². The van der Waals surface area contributed by atoms with Crippen molar-refractivity contribution >= 4 is 56.6 Å². The predicted octanol–water partition coefficient (Wildman–Crippen LogP) is 6.12. The van der Waals surface area contributed by atoms with Crippen molar-refractivity contribution in [2.24, 2.45) is 0 Å². The number of carbonyl (C=O) groups excluding carboxylic acids is 4. The molecule has 352 valence electrons. The summed E-state index contributed by atoms with van der Waals surface area (Å²) >= 11 is 3.02. The van der Waals surface area contributed by atoms with Crippen LogP contribution >= 0.6 is 22.7 Å². The molecule has 4 heterocycles. The van der Waals surface area contributed by atoms with Gasteiger partial charge in [0.2, 0.25) is 5.91 Å². The summed E-state index contributed by atoms with van der Waals surface area (Å²) in [5, 5.41) is 12.4. The van der Waals surface area contributed by atoms with Crippen molar-refractivity contribution in [2.75, 3.05) is 39.9 Å². The fourth-order valence-corrected chi connectivity index (χ4v) is 9.87. The first kappa shape index (κ1) is 49.7. The minimum atomic E-state index is -3.55. The maximum Gasteiger partial charge on any atom is 0.407 e. The van der Waals surface area contributed by atoms with E-state index in [1.54, 1.807) is 47.1 Å². The number of amides is 5. The molecule has 0 spiro atoms. The van der Waals surface area contributed by atoms with Crippen molar-refractivity contribution in [2.45, 2.75) is 88.0 Å². The third-order valence-corrected chi connectivity index (χ3v) is 14.3. The van der Waals surface area contributed by atoms with E-state index in [-0.39, 0.29) is 41.1 Å². The molecule has 2 aliphatic heterocycles. The molecule has 3 aromatic carbocycles. The summed E-state index contributed by atoms with van der Waals surface area (Å²) in [6.45, 7) is 8.19. The number of alkyl carbamates (subject to hydrolysis) is 1. The minimum absolute atomic E-state index is 0.0648. The molecule has 0 radical (unpaired) electrons. The molecule has 1 fully saturated rings. The zero-order valence-corrected chi connectivity index (χ0v) is 39.8. The second-order valence-corrected chi connectivity index (χ2v) is 19.9. The molecule has 7 rings (SSSR count). The maximum absolute atomic E-state index is 14.2. The van der Waals surface area contributed by atoms with Crippen LogP contribution in [0.3, 0.4) is 0 Å². The number of nitrogens with one attached hydrogen (secondary N) is 4. The Labute approximate surface area is 394 Å². The lowest BCUT2D eigenvalue weighted by Crippen LogP contribution is -2.54. The molecule has 3 atom stereocenters. The smallest absolute Gasteiger partial charge is 0.407 e. The number of benzene rings is 3. The number of morpholine rings is 1. The zero-order chi connectivity index (χ0) is 46.9. The lowest BCUT2D eigenvalue weighted by atomic mass is 9.95. The lowest BCUT2D eigenvalue weighted by Gasteiger charge is -2.30. The number of fused-ring (bicyclic) bond motifs is 1. The maximum atomic E-state index is 14.2. The lowest BCUT2D eigenvalue weighted by molar-refractivity contribution is -0.124. The van der Waals surface area contributed by atoms with Gasteiger partial charge in [-0.15, -0.1) is 22.7 Å². The molecule has 16 nitrogen and oxygen atoms in total. The van der Waals surface area contributed by atoms with Crippen molar-refractivity contribution in [3.8, 4) is 0 Å². The standard InChI is InChI=1S/C40H53N7O5S2.C7H5NO3S/c1-29(2)38-43-34(27-53-38)25-46(3)39(49)45-36(16-17-47-18-20-51-21-19-47)37(48)42-32(22-30-10-6-4-7-11-30)14-15-33(23-31-12-8-5-9-13-31)44-40(50)52-26-35-24-41-28-54-35;9-7-5-3-1-2-4-6(5)12(10,11)8-7/h4-13,24,27-29,32-33,36H,14-23,25-26H2,1-3H3,(H,42,48)(H,44,50)(H,45,49);1-4H,(H,8,9). The highest BCUT2D eigenvalue weighted by molar-refractivity contribution is 7.90. The minimum Gasteiger partial charge on any atom is -0.444 e. The number of aromatic nitrogens is 2. The Morgan fingerprint density at radius 2 is 1.50 bits per heavy atom. The van der Waals surface area contributed by atoms with E-state index in [0.29, 0.717) is 64.3 Å². The van der Waals surface area contributed by atoms with Crippen LogP contribution in [0.2, 0.25) is 0 Å². The summed E-state index contributed by atoms with van der Waals surface area (Å²) in [5.74, 6) is -0.476. The summed E-state index contributed by atoms with van der Waals surface area (Å²) in [6, 6.07) is 24.5. The average molecular weight is 959 g/mol. The molecule has 4 N–H and O–H groups in total. The van der Waals surface area contributed by atoms with Gasteiger partial charge < -0.3 is 30.3 Å². The summed E-state index contributed by atoms with van der Waals surface area (Å²) in [4.78, 5) is 65.3. The molecule has 0 saturated carbocycles. The van der Waals surface area contributed by atoms with E-state index in [1.165, 1.54) is 23.5 Å². The molecule has 0 bridgehead atoms. The number of hydrogen-bond acceptors (Lipinski definition) is 13. The first-order valence-corrected chi connectivity index (χ1v) is 25.2. The number of carbonyl (C=O) groups is 4. The second kappa shape index (κ2) is 24.7. The Bertz CT molecular complexity index is 2430.